The van der Waals surface area contributed by atoms with Crippen molar-refractivity contribution in [1.82, 2.24) is 14.5 Å². The van der Waals surface area contributed by atoms with E-state index in [1.807, 2.05) is 0 Å². The second kappa shape index (κ2) is 4.41. The van der Waals surface area contributed by atoms with Crippen molar-refractivity contribution < 1.29 is 18.3 Å². The van der Waals surface area contributed by atoms with E-state index in [2.05, 4.69) is 9.82 Å². The molecule has 1 aromatic rings. The maximum absolute atomic E-state index is 11.5. The number of rotatable bonds is 5. The monoisotopic (exact) mass is 233 g/mol. The van der Waals surface area contributed by atoms with Crippen LogP contribution in [0.4, 0.5) is 0 Å². The van der Waals surface area contributed by atoms with E-state index in [1.54, 1.807) is 0 Å². The molecule has 0 aliphatic rings. The number of aryl methyl sites for hydroxylation is 1. The Morgan fingerprint density at radius 1 is 1.67 bits per heavy atom. The first-order chi connectivity index (χ1) is 6.93. The van der Waals surface area contributed by atoms with Crippen molar-refractivity contribution in [3.8, 4) is 0 Å². The maximum atomic E-state index is 11.5. The Morgan fingerprint density at radius 2 is 2.33 bits per heavy atom. The average Bonchev–Trinajstić information content (AvgIpc) is 2.50. The van der Waals surface area contributed by atoms with Crippen LogP contribution in [-0.4, -0.2) is 35.8 Å². The molecule has 0 amide bonds. The molecule has 0 atom stereocenters. The topological polar surface area (TPSA) is 101 Å². The number of hydrogen-bond donors (Lipinski definition) is 2. The van der Waals surface area contributed by atoms with Crippen LogP contribution in [0.3, 0.4) is 0 Å². The molecule has 0 bridgehead atoms. The summed E-state index contributed by atoms with van der Waals surface area (Å²) in [5.41, 5.74) is 0. The van der Waals surface area contributed by atoms with E-state index in [0.717, 1.165) is 0 Å². The molecule has 0 unspecified atom stereocenters. The van der Waals surface area contributed by atoms with Gasteiger partial charge in [0.15, 0.2) is 5.03 Å². The number of sulfonamides is 1. The zero-order chi connectivity index (χ0) is 11.5. The van der Waals surface area contributed by atoms with E-state index < -0.39 is 16.0 Å². The molecule has 15 heavy (non-hydrogen) atoms. The molecule has 0 aromatic carbocycles. The Bertz CT molecular complexity index is 451. The highest BCUT2D eigenvalue weighted by Gasteiger charge is 2.17. The lowest BCUT2D eigenvalue weighted by Gasteiger charge is -2.04. The van der Waals surface area contributed by atoms with Crippen LogP contribution in [0, 0.1) is 0 Å². The zero-order valence-corrected chi connectivity index (χ0v) is 8.86. The van der Waals surface area contributed by atoms with Crippen LogP contribution >= 0.6 is 0 Å². The summed E-state index contributed by atoms with van der Waals surface area (Å²) in [7, 11) is -2.16. The van der Waals surface area contributed by atoms with Gasteiger partial charge in [-0.2, -0.15) is 5.10 Å². The highest BCUT2D eigenvalue weighted by Crippen LogP contribution is 2.05. The van der Waals surface area contributed by atoms with Crippen LogP contribution in [0.25, 0.3) is 0 Å². The second-order valence-electron chi connectivity index (χ2n) is 2.83. The zero-order valence-electron chi connectivity index (χ0n) is 8.04. The summed E-state index contributed by atoms with van der Waals surface area (Å²) in [4.78, 5) is 10.2. The molecule has 1 aromatic heterocycles. The van der Waals surface area contributed by atoms with E-state index in [9.17, 15) is 13.2 Å². The maximum Gasteiger partial charge on any atom is 0.304 e. The van der Waals surface area contributed by atoms with Crippen molar-refractivity contribution >= 4 is 16.0 Å². The smallest absolute Gasteiger partial charge is 0.304 e. The number of nitrogens with zero attached hydrogens (tertiary/aromatic N) is 2. The Kier molecular flexibility index (Phi) is 3.43. The van der Waals surface area contributed by atoms with E-state index >= 15 is 0 Å². The summed E-state index contributed by atoms with van der Waals surface area (Å²) in [6, 6.07) is 1.34. The molecular weight excluding hydrogens is 222 g/mol. The third-order valence-corrected chi connectivity index (χ3v) is 3.22. The Balaban J connectivity index is 2.69. The molecule has 0 spiro atoms. The fourth-order valence-electron chi connectivity index (χ4n) is 0.992. The van der Waals surface area contributed by atoms with Gasteiger partial charge < -0.3 is 5.11 Å². The standard InChI is InChI=1S/C7H11N3O4S/c1-10-6(2-4-8-10)15(13,14)9-5-3-7(11)12/h2,4,9H,3,5H2,1H3,(H,11,12). The molecule has 2 N–H and O–H groups in total. The fraction of sp³-hybridized carbons (Fsp3) is 0.429. The minimum Gasteiger partial charge on any atom is -0.481 e. The largest absolute Gasteiger partial charge is 0.481 e. The Labute approximate surface area is 86.8 Å². The van der Waals surface area contributed by atoms with Crippen molar-refractivity contribution in [1.29, 1.82) is 0 Å². The Morgan fingerprint density at radius 3 is 2.80 bits per heavy atom. The summed E-state index contributed by atoms with van der Waals surface area (Å²) >= 11 is 0. The van der Waals surface area contributed by atoms with Gasteiger partial charge in [-0.15, -0.1) is 0 Å². The van der Waals surface area contributed by atoms with Crippen molar-refractivity contribution in [2.45, 2.75) is 11.4 Å². The van der Waals surface area contributed by atoms with Gasteiger partial charge in [0.2, 0.25) is 0 Å². The summed E-state index contributed by atoms with van der Waals surface area (Å²) < 4.78 is 26.4. The number of carbonyl (C=O) groups is 1. The van der Waals surface area contributed by atoms with Gasteiger partial charge in [-0.25, -0.2) is 13.1 Å². The Hall–Kier alpha value is -1.41. The van der Waals surface area contributed by atoms with E-state index in [1.165, 1.54) is 24.0 Å². The molecular formula is C7H11N3O4S. The highest BCUT2D eigenvalue weighted by atomic mass is 32.2. The summed E-state index contributed by atoms with van der Waals surface area (Å²) in [6.07, 6.45) is 1.10. The molecule has 1 heterocycles. The molecule has 0 aliphatic heterocycles. The van der Waals surface area contributed by atoms with Gasteiger partial charge >= 0.3 is 5.97 Å². The van der Waals surface area contributed by atoms with E-state index in [-0.39, 0.29) is 18.0 Å². The lowest BCUT2D eigenvalue weighted by atomic mass is 10.5. The number of aromatic nitrogens is 2. The first-order valence-corrected chi connectivity index (χ1v) is 5.61. The molecule has 0 fully saturated rings. The van der Waals surface area contributed by atoms with Crippen molar-refractivity contribution in [3.63, 3.8) is 0 Å². The number of nitrogens with one attached hydrogen (secondary N) is 1. The van der Waals surface area contributed by atoms with Crippen molar-refractivity contribution in [2.24, 2.45) is 7.05 Å². The van der Waals surface area contributed by atoms with E-state index in [0.29, 0.717) is 0 Å². The number of carboxylic acids is 1. The molecule has 0 radical (unpaired) electrons. The molecule has 1 rings (SSSR count). The third-order valence-electron chi connectivity index (χ3n) is 1.68. The minimum absolute atomic E-state index is 0.00730. The van der Waals surface area contributed by atoms with Gasteiger partial charge in [-0.05, 0) is 6.07 Å². The van der Waals surface area contributed by atoms with Crippen LogP contribution < -0.4 is 4.72 Å². The van der Waals surface area contributed by atoms with Gasteiger partial charge in [-0.3, -0.25) is 9.48 Å². The second-order valence-corrected chi connectivity index (χ2v) is 4.55. The number of aliphatic carboxylic acids is 1. The van der Waals surface area contributed by atoms with Crippen LogP contribution in [0.5, 0.6) is 0 Å². The first-order valence-electron chi connectivity index (χ1n) is 4.13. The summed E-state index contributed by atoms with van der Waals surface area (Å²) in [5, 5.41) is 12.1. The van der Waals surface area contributed by atoms with Gasteiger partial charge in [0.25, 0.3) is 10.0 Å². The minimum atomic E-state index is -3.66. The summed E-state index contributed by atoms with van der Waals surface area (Å²) in [6.45, 7) is -0.136. The molecule has 7 nitrogen and oxygen atoms in total. The van der Waals surface area contributed by atoms with Gasteiger partial charge in [-0.1, -0.05) is 0 Å². The van der Waals surface area contributed by atoms with Crippen molar-refractivity contribution in [3.05, 3.63) is 12.3 Å². The number of carboxylic acid groups (broad SMARTS) is 1. The van der Waals surface area contributed by atoms with Gasteiger partial charge in [0.1, 0.15) is 0 Å². The SMILES string of the molecule is Cn1nccc1S(=O)(=O)NCCC(=O)O. The molecule has 0 saturated carbocycles. The molecule has 8 heteroatoms. The van der Waals surface area contributed by atoms with Crippen LogP contribution in [0.15, 0.2) is 17.3 Å². The van der Waals surface area contributed by atoms with Crippen LogP contribution in [-0.2, 0) is 21.9 Å². The van der Waals surface area contributed by atoms with Gasteiger partial charge in [0, 0.05) is 13.6 Å². The lowest BCUT2D eigenvalue weighted by Crippen LogP contribution is -2.27. The number of hydrogen-bond acceptors (Lipinski definition) is 4. The molecule has 0 aliphatic carbocycles. The highest BCUT2D eigenvalue weighted by molar-refractivity contribution is 7.89. The molecule has 84 valence electrons. The average molecular weight is 233 g/mol. The predicted molar refractivity (Wildman–Crippen MR) is 50.6 cm³/mol. The van der Waals surface area contributed by atoms with E-state index in [4.69, 9.17) is 5.11 Å². The fourth-order valence-corrected chi connectivity index (χ4v) is 2.15. The summed E-state index contributed by atoms with van der Waals surface area (Å²) in [5.74, 6) is -1.05. The normalized spacial score (nSPS) is 11.5. The van der Waals surface area contributed by atoms with Gasteiger partial charge in [0.05, 0.1) is 12.6 Å². The predicted octanol–water partition coefficient (Wildman–Crippen LogP) is -0.827. The van der Waals surface area contributed by atoms with Crippen LogP contribution in [0.1, 0.15) is 6.42 Å². The third kappa shape index (κ3) is 3.03. The lowest BCUT2D eigenvalue weighted by molar-refractivity contribution is -0.136. The molecule has 0 saturated heterocycles. The van der Waals surface area contributed by atoms with Crippen molar-refractivity contribution in [2.75, 3.05) is 6.54 Å². The first kappa shape index (κ1) is 11.7. The van der Waals surface area contributed by atoms with Crippen LogP contribution in [0.2, 0.25) is 0 Å². The quantitative estimate of drug-likeness (QED) is 0.691.